The van der Waals surface area contributed by atoms with Crippen LogP contribution in [0, 0.1) is 3.57 Å². The lowest BCUT2D eigenvalue weighted by atomic mass is 9.97. The number of carbonyl (C=O) groups is 1. The number of rotatable bonds is 1. The Morgan fingerprint density at radius 2 is 1.67 bits per heavy atom. The van der Waals surface area contributed by atoms with Crippen LogP contribution in [0.15, 0.2) is 54.6 Å². The van der Waals surface area contributed by atoms with Crippen LogP contribution in [0.5, 0.6) is 0 Å². The van der Waals surface area contributed by atoms with Gasteiger partial charge in [-0.2, -0.15) is 0 Å². The summed E-state index contributed by atoms with van der Waals surface area (Å²) < 4.78 is 0.889. The van der Waals surface area contributed by atoms with Crippen LogP contribution in [0.1, 0.15) is 33.6 Å². The number of fused-ring (bicyclic) bond motifs is 5. The standard InChI is InChI=1S/C17H11ClINO/c18-10-5-6-13(14(19)9-10)17(21)20-15-7-8-16(20)12-4-2-1-3-11(12)15/h1-9,15-16H. The first-order valence-electron chi connectivity index (χ1n) is 6.71. The van der Waals surface area contributed by atoms with Crippen LogP contribution in [-0.2, 0) is 0 Å². The molecule has 0 saturated carbocycles. The van der Waals surface area contributed by atoms with Crippen molar-refractivity contribution in [2.45, 2.75) is 12.1 Å². The van der Waals surface area contributed by atoms with E-state index in [1.807, 2.05) is 29.2 Å². The van der Waals surface area contributed by atoms with E-state index in [2.05, 4.69) is 46.9 Å². The van der Waals surface area contributed by atoms with Crippen molar-refractivity contribution in [1.82, 2.24) is 4.90 Å². The van der Waals surface area contributed by atoms with Crippen molar-refractivity contribution in [3.05, 3.63) is 79.9 Å². The van der Waals surface area contributed by atoms with Crippen LogP contribution in [0.4, 0.5) is 0 Å². The van der Waals surface area contributed by atoms with Gasteiger partial charge in [-0.05, 0) is 51.9 Å². The molecule has 2 bridgehead atoms. The third-order valence-corrected chi connectivity index (χ3v) is 5.23. The Bertz CT molecular complexity index is 753. The van der Waals surface area contributed by atoms with Crippen LogP contribution < -0.4 is 0 Å². The quantitative estimate of drug-likeness (QED) is 0.493. The summed E-state index contributed by atoms with van der Waals surface area (Å²) in [6.07, 6.45) is 4.24. The van der Waals surface area contributed by atoms with Gasteiger partial charge in [0.1, 0.15) is 0 Å². The highest BCUT2D eigenvalue weighted by Gasteiger charge is 2.43. The van der Waals surface area contributed by atoms with E-state index in [-0.39, 0.29) is 18.0 Å². The second kappa shape index (κ2) is 4.85. The van der Waals surface area contributed by atoms with Crippen molar-refractivity contribution in [3.63, 3.8) is 0 Å². The van der Waals surface area contributed by atoms with Crippen molar-refractivity contribution in [1.29, 1.82) is 0 Å². The Balaban J connectivity index is 1.75. The SMILES string of the molecule is O=C(c1ccc(Cl)cc1I)N1C2C=CC1c1ccccc12. The third-order valence-electron chi connectivity index (χ3n) is 4.10. The normalized spacial score (nSPS) is 21.7. The van der Waals surface area contributed by atoms with Gasteiger partial charge in [0.15, 0.2) is 0 Å². The number of nitrogens with zero attached hydrogens (tertiary/aromatic N) is 1. The molecule has 104 valence electrons. The second-order valence-corrected chi connectivity index (χ2v) is 6.84. The molecule has 2 nitrogen and oxygen atoms in total. The van der Waals surface area contributed by atoms with Gasteiger partial charge < -0.3 is 4.90 Å². The zero-order chi connectivity index (χ0) is 14.6. The van der Waals surface area contributed by atoms with Crippen LogP contribution in [0.25, 0.3) is 0 Å². The molecule has 2 aliphatic rings. The summed E-state index contributed by atoms with van der Waals surface area (Å²) in [6, 6.07) is 13.8. The van der Waals surface area contributed by atoms with Crippen molar-refractivity contribution in [2.24, 2.45) is 0 Å². The van der Waals surface area contributed by atoms with Gasteiger partial charge in [0.25, 0.3) is 5.91 Å². The van der Waals surface area contributed by atoms with E-state index in [0.717, 1.165) is 3.57 Å². The number of hydrogen-bond donors (Lipinski definition) is 0. The van der Waals surface area contributed by atoms with Crippen molar-refractivity contribution in [2.75, 3.05) is 0 Å². The van der Waals surface area contributed by atoms with E-state index in [9.17, 15) is 4.79 Å². The van der Waals surface area contributed by atoms with E-state index in [1.165, 1.54) is 11.1 Å². The predicted molar refractivity (Wildman–Crippen MR) is 91.4 cm³/mol. The first-order chi connectivity index (χ1) is 10.2. The summed E-state index contributed by atoms with van der Waals surface area (Å²) in [5.41, 5.74) is 3.19. The number of benzene rings is 2. The van der Waals surface area contributed by atoms with Gasteiger partial charge in [-0.25, -0.2) is 0 Å². The van der Waals surface area contributed by atoms with Crippen LogP contribution in [-0.4, -0.2) is 10.8 Å². The summed E-state index contributed by atoms with van der Waals surface area (Å²) in [5, 5.41) is 0.654. The zero-order valence-corrected chi connectivity index (χ0v) is 13.9. The van der Waals surface area contributed by atoms with E-state index in [4.69, 9.17) is 11.6 Å². The van der Waals surface area contributed by atoms with Gasteiger partial charge in [0.05, 0.1) is 17.6 Å². The molecule has 0 fully saturated rings. The van der Waals surface area contributed by atoms with Crippen molar-refractivity contribution in [3.8, 4) is 0 Å². The Labute approximate surface area is 141 Å². The molecule has 2 aromatic rings. The number of halogens is 2. The molecule has 4 rings (SSSR count). The molecule has 21 heavy (non-hydrogen) atoms. The molecule has 2 aliphatic heterocycles. The summed E-state index contributed by atoms with van der Waals surface area (Å²) in [7, 11) is 0. The third kappa shape index (κ3) is 1.94. The molecule has 1 amide bonds. The average Bonchev–Trinajstić information content (AvgIpc) is 3.03. The lowest BCUT2D eigenvalue weighted by Gasteiger charge is -2.23. The summed E-state index contributed by atoms with van der Waals surface area (Å²) >= 11 is 8.15. The minimum absolute atomic E-state index is 0.0604. The van der Waals surface area contributed by atoms with Gasteiger partial charge in [0, 0.05) is 8.59 Å². The van der Waals surface area contributed by atoms with Gasteiger partial charge in [0.2, 0.25) is 0 Å². The topological polar surface area (TPSA) is 20.3 Å². The molecule has 2 unspecified atom stereocenters. The summed E-state index contributed by atoms with van der Waals surface area (Å²) in [4.78, 5) is 14.9. The van der Waals surface area contributed by atoms with Gasteiger partial charge in [-0.3, -0.25) is 4.79 Å². The molecule has 4 heteroatoms. The van der Waals surface area contributed by atoms with Gasteiger partial charge in [-0.15, -0.1) is 0 Å². The maximum Gasteiger partial charge on any atom is 0.256 e. The van der Waals surface area contributed by atoms with Gasteiger partial charge >= 0.3 is 0 Å². The van der Waals surface area contributed by atoms with Crippen LogP contribution >= 0.6 is 34.2 Å². The average molecular weight is 408 g/mol. The van der Waals surface area contributed by atoms with E-state index < -0.39 is 0 Å². The largest absolute Gasteiger partial charge is 0.318 e. The molecular weight excluding hydrogens is 397 g/mol. The second-order valence-electron chi connectivity index (χ2n) is 5.24. The minimum Gasteiger partial charge on any atom is -0.318 e. The summed E-state index contributed by atoms with van der Waals surface area (Å²) in [6.45, 7) is 0. The maximum atomic E-state index is 12.9. The Morgan fingerprint density at radius 1 is 1.05 bits per heavy atom. The highest BCUT2D eigenvalue weighted by molar-refractivity contribution is 14.1. The highest BCUT2D eigenvalue weighted by atomic mass is 127. The molecule has 2 heterocycles. The molecule has 2 aromatic carbocycles. The molecule has 0 radical (unpaired) electrons. The van der Waals surface area contributed by atoms with Crippen LogP contribution in [0.3, 0.4) is 0 Å². The van der Waals surface area contributed by atoms with Crippen molar-refractivity contribution >= 4 is 40.1 Å². The van der Waals surface area contributed by atoms with Crippen LogP contribution in [0.2, 0.25) is 5.02 Å². The lowest BCUT2D eigenvalue weighted by molar-refractivity contribution is 0.0712. The number of hydrogen-bond acceptors (Lipinski definition) is 1. The first kappa shape index (κ1) is 13.3. The van der Waals surface area contributed by atoms with E-state index >= 15 is 0 Å². The smallest absolute Gasteiger partial charge is 0.256 e. The Morgan fingerprint density at radius 3 is 2.24 bits per heavy atom. The highest BCUT2D eigenvalue weighted by Crippen LogP contribution is 2.49. The molecular formula is C17H11ClINO. The fourth-order valence-corrected chi connectivity index (χ4v) is 4.28. The Hall–Kier alpha value is -1.33. The monoisotopic (exact) mass is 407 g/mol. The molecule has 0 N–H and O–H groups in total. The Kier molecular flexibility index (Phi) is 3.08. The fourth-order valence-electron chi connectivity index (χ4n) is 3.18. The van der Waals surface area contributed by atoms with E-state index in [0.29, 0.717) is 10.6 Å². The fraction of sp³-hybridized carbons (Fsp3) is 0.118. The minimum atomic E-state index is 0.0604. The van der Waals surface area contributed by atoms with Gasteiger partial charge in [-0.1, -0.05) is 48.0 Å². The molecule has 0 saturated heterocycles. The predicted octanol–water partition coefficient (Wildman–Crippen LogP) is 4.75. The number of amides is 1. The lowest BCUT2D eigenvalue weighted by Crippen LogP contribution is -2.29. The zero-order valence-electron chi connectivity index (χ0n) is 11.0. The van der Waals surface area contributed by atoms with E-state index in [1.54, 1.807) is 6.07 Å². The maximum absolute atomic E-state index is 12.9. The summed E-state index contributed by atoms with van der Waals surface area (Å²) in [5.74, 6) is 0.0623. The number of carbonyl (C=O) groups excluding carboxylic acids is 1. The molecule has 0 spiro atoms. The molecule has 0 aliphatic carbocycles. The molecule has 0 aromatic heterocycles. The first-order valence-corrected chi connectivity index (χ1v) is 8.17. The van der Waals surface area contributed by atoms with Crippen molar-refractivity contribution < 1.29 is 4.79 Å². The molecule has 2 atom stereocenters.